The number of aromatic hydroxyl groups is 3. The number of phenols is 3. The van der Waals surface area contributed by atoms with Crippen molar-refractivity contribution in [2.45, 2.75) is 55.1 Å². The topological polar surface area (TPSA) is 249 Å². The molecule has 15 nitrogen and oxygen atoms in total. The van der Waals surface area contributed by atoms with E-state index in [1.165, 1.54) is 13.2 Å². The van der Waals surface area contributed by atoms with E-state index in [-0.39, 0.29) is 34.7 Å². The number of rotatable bonds is 5. The van der Waals surface area contributed by atoms with Gasteiger partial charge in [0.25, 0.3) is 0 Å². The zero-order valence-corrected chi connectivity index (χ0v) is 20.8. The zero-order valence-electron chi connectivity index (χ0n) is 20.8. The van der Waals surface area contributed by atoms with Crippen molar-refractivity contribution in [3.8, 4) is 23.0 Å². The number of hydrogen-bond donors (Lipinski definition) is 9. The van der Waals surface area contributed by atoms with Crippen LogP contribution in [0, 0.1) is 0 Å². The highest BCUT2D eigenvalue weighted by Crippen LogP contribution is 2.45. The SMILES string of the molecule is COc1cc2oc3cc(O)c([C@@H]4O[C@H](CO[C@@H]5OC[C@@H](O)[C@@H](O)[C@@H]5O)[C@@H](O)[C@H](O)[C@H]4O)c(O)c3c(=O)c2cc1O. The molecule has 0 spiro atoms. The van der Waals surface area contributed by atoms with Gasteiger partial charge >= 0.3 is 0 Å². The van der Waals surface area contributed by atoms with E-state index in [0.717, 1.165) is 12.1 Å². The maximum Gasteiger partial charge on any atom is 0.204 e. The highest BCUT2D eigenvalue weighted by atomic mass is 16.7. The summed E-state index contributed by atoms with van der Waals surface area (Å²) in [5.74, 6) is -1.90. The van der Waals surface area contributed by atoms with E-state index >= 15 is 0 Å². The van der Waals surface area contributed by atoms with E-state index in [1.807, 2.05) is 0 Å². The number of ether oxygens (including phenoxy) is 4. The monoisotopic (exact) mass is 568 g/mol. The Morgan fingerprint density at radius 2 is 1.60 bits per heavy atom. The Hall–Kier alpha value is -3.25. The molecule has 2 aliphatic rings. The summed E-state index contributed by atoms with van der Waals surface area (Å²) < 4.78 is 26.9. The molecule has 0 amide bonds. The fourth-order valence-electron chi connectivity index (χ4n) is 4.90. The molecular weight excluding hydrogens is 540 g/mol. The number of aliphatic hydroxyl groups is 6. The molecular formula is C25H28O15. The smallest absolute Gasteiger partial charge is 0.204 e. The second kappa shape index (κ2) is 10.6. The van der Waals surface area contributed by atoms with Crippen molar-refractivity contribution in [1.82, 2.24) is 0 Å². The van der Waals surface area contributed by atoms with E-state index in [9.17, 15) is 50.8 Å². The third kappa shape index (κ3) is 4.60. The van der Waals surface area contributed by atoms with Crippen molar-refractivity contribution in [3.05, 3.63) is 34.0 Å². The standard InChI is InChI=1S/C25H28O15/c1-36-12-4-11-7(2-8(12)26)17(29)16-13(39-11)3-9(27)15(20(16)32)24-22(34)21(33)19(31)14(40-24)6-38-25-23(35)18(30)10(28)5-37-25/h2-4,10,14,18-19,21-28,30-35H,5-6H2,1H3/t10-,14-,18-,19-,21+,22-,23+,24+,25+/m1/s1. The zero-order chi connectivity index (χ0) is 29.0. The largest absolute Gasteiger partial charge is 0.507 e. The predicted molar refractivity (Wildman–Crippen MR) is 131 cm³/mol. The molecule has 3 aromatic rings. The number of aliphatic hydroxyl groups excluding tert-OH is 6. The Kier molecular flexibility index (Phi) is 7.51. The summed E-state index contributed by atoms with van der Waals surface area (Å²) in [7, 11) is 1.29. The number of fused-ring (bicyclic) bond motifs is 2. The number of benzene rings is 2. The van der Waals surface area contributed by atoms with Gasteiger partial charge in [-0.15, -0.1) is 0 Å². The van der Waals surface area contributed by atoms with Gasteiger partial charge in [0.05, 0.1) is 31.3 Å². The summed E-state index contributed by atoms with van der Waals surface area (Å²) in [6, 6.07) is 3.31. The van der Waals surface area contributed by atoms with Crippen LogP contribution in [-0.4, -0.2) is 115 Å². The molecule has 9 atom stereocenters. The van der Waals surface area contributed by atoms with Crippen LogP contribution in [0.5, 0.6) is 23.0 Å². The minimum atomic E-state index is -1.91. The van der Waals surface area contributed by atoms with E-state index in [0.29, 0.717) is 0 Å². The van der Waals surface area contributed by atoms with E-state index in [1.54, 1.807) is 0 Å². The Bertz CT molecular complexity index is 1470. The van der Waals surface area contributed by atoms with Crippen LogP contribution in [0.2, 0.25) is 0 Å². The third-order valence-corrected chi connectivity index (χ3v) is 7.13. The van der Waals surface area contributed by atoms with Crippen LogP contribution in [0.3, 0.4) is 0 Å². The summed E-state index contributed by atoms with van der Waals surface area (Å²) in [6.45, 7) is -0.934. The molecule has 40 heavy (non-hydrogen) atoms. The second-order valence-electron chi connectivity index (χ2n) is 9.63. The molecule has 5 rings (SSSR count). The first-order valence-corrected chi connectivity index (χ1v) is 12.1. The van der Waals surface area contributed by atoms with E-state index in [4.69, 9.17) is 23.4 Å². The Morgan fingerprint density at radius 1 is 0.875 bits per heavy atom. The Morgan fingerprint density at radius 3 is 2.30 bits per heavy atom. The highest BCUT2D eigenvalue weighted by Gasteiger charge is 2.47. The molecule has 2 saturated heterocycles. The average Bonchev–Trinajstić information content (AvgIpc) is 2.92. The lowest BCUT2D eigenvalue weighted by Crippen LogP contribution is -2.57. The fourth-order valence-corrected chi connectivity index (χ4v) is 4.90. The van der Waals surface area contributed by atoms with Crippen molar-refractivity contribution in [2.24, 2.45) is 0 Å². The lowest BCUT2D eigenvalue weighted by molar-refractivity contribution is -0.292. The van der Waals surface area contributed by atoms with Crippen LogP contribution in [-0.2, 0) is 14.2 Å². The van der Waals surface area contributed by atoms with Gasteiger partial charge in [-0.25, -0.2) is 0 Å². The van der Waals surface area contributed by atoms with Gasteiger partial charge in [0.2, 0.25) is 5.43 Å². The maximum atomic E-state index is 13.3. The molecule has 218 valence electrons. The van der Waals surface area contributed by atoms with Crippen molar-refractivity contribution in [1.29, 1.82) is 0 Å². The van der Waals surface area contributed by atoms with Crippen LogP contribution in [0.15, 0.2) is 27.4 Å². The molecule has 3 heterocycles. The van der Waals surface area contributed by atoms with Crippen LogP contribution in [0.1, 0.15) is 11.7 Å². The van der Waals surface area contributed by atoms with Crippen molar-refractivity contribution < 1.29 is 69.3 Å². The van der Waals surface area contributed by atoms with E-state index in [2.05, 4.69) is 0 Å². The molecule has 0 saturated carbocycles. The van der Waals surface area contributed by atoms with Gasteiger partial charge in [-0.1, -0.05) is 0 Å². The van der Waals surface area contributed by atoms with Gasteiger partial charge in [-0.05, 0) is 6.07 Å². The van der Waals surface area contributed by atoms with Gasteiger partial charge < -0.3 is 69.3 Å². The van der Waals surface area contributed by atoms with Gasteiger partial charge in [-0.3, -0.25) is 4.79 Å². The molecule has 0 unspecified atom stereocenters. The molecule has 0 radical (unpaired) electrons. The fraction of sp³-hybridized carbons (Fsp3) is 0.480. The minimum Gasteiger partial charge on any atom is -0.507 e. The summed E-state index contributed by atoms with van der Waals surface area (Å²) in [6.07, 6.45) is -14.7. The van der Waals surface area contributed by atoms with Gasteiger partial charge in [0.15, 0.2) is 17.8 Å². The molecule has 2 aliphatic heterocycles. The molecule has 15 heteroatoms. The summed E-state index contributed by atoms with van der Waals surface area (Å²) >= 11 is 0. The Balaban J connectivity index is 1.50. The molecule has 1 aromatic heterocycles. The second-order valence-corrected chi connectivity index (χ2v) is 9.63. The van der Waals surface area contributed by atoms with Crippen molar-refractivity contribution in [3.63, 3.8) is 0 Å². The van der Waals surface area contributed by atoms with Crippen LogP contribution in [0.25, 0.3) is 21.9 Å². The van der Waals surface area contributed by atoms with Gasteiger partial charge in [0, 0.05) is 12.1 Å². The third-order valence-electron chi connectivity index (χ3n) is 7.13. The summed E-state index contributed by atoms with van der Waals surface area (Å²) in [5.41, 5.74) is -1.58. The quantitative estimate of drug-likeness (QED) is 0.152. The average molecular weight is 568 g/mol. The van der Waals surface area contributed by atoms with Crippen LogP contribution in [0.4, 0.5) is 0 Å². The van der Waals surface area contributed by atoms with Crippen LogP contribution < -0.4 is 10.2 Å². The molecule has 9 N–H and O–H groups in total. The lowest BCUT2D eigenvalue weighted by Gasteiger charge is -2.42. The van der Waals surface area contributed by atoms with Crippen molar-refractivity contribution >= 4 is 21.9 Å². The van der Waals surface area contributed by atoms with E-state index < -0.39 is 89.6 Å². The highest BCUT2D eigenvalue weighted by molar-refractivity contribution is 5.96. The van der Waals surface area contributed by atoms with Gasteiger partial charge in [0.1, 0.15) is 76.9 Å². The first-order chi connectivity index (χ1) is 18.9. The number of hydrogen-bond acceptors (Lipinski definition) is 15. The van der Waals surface area contributed by atoms with Crippen molar-refractivity contribution in [2.75, 3.05) is 20.3 Å². The molecule has 2 fully saturated rings. The first-order valence-electron chi connectivity index (χ1n) is 12.1. The molecule has 0 aliphatic carbocycles. The predicted octanol–water partition coefficient (Wildman–Crippen LogP) is -1.95. The first kappa shape index (κ1) is 28.3. The normalized spacial score (nSPS) is 32.9. The summed E-state index contributed by atoms with van der Waals surface area (Å²) in [4.78, 5) is 13.3. The number of methoxy groups -OCH3 is 1. The van der Waals surface area contributed by atoms with Gasteiger partial charge in [-0.2, -0.15) is 0 Å². The summed E-state index contributed by atoms with van der Waals surface area (Å²) in [5, 5.41) is 92.6. The molecule has 2 aromatic carbocycles. The lowest BCUT2D eigenvalue weighted by atomic mass is 9.89. The maximum absolute atomic E-state index is 13.3. The minimum absolute atomic E-state index is 0.0106. The van der Waals surface area contributed by atoms with Crippen LogP contribution >= 0.6 is 0 Å². The number of phenolic OH excluding ortho intramolecular Hbond substituents is 3. The molecule has 0 bridgehead atoms. The Labute approximate surface area is 224 Å².